The summed E-state index contributed by atoms with van der Waals surface area (Å²) in [5.74, 6) is 0.495. The highest BCUT2D eigenvalue weighted by molar-refractivity contribution is 9.10. The molecule has 0 radical (unpaired) electrons. The van der Waals surface area contributed by atoms with Crippen LogP contribution in [0.2, 0.25) is 0 Å². The molecule has 0 aliphatic heterocycles. The zero-order valence-corrected chi connectivity index (χ0v) is 13.1. The third kappa shape index (κ3) is 2.95. The number of rotatable bonds is 2. The van der Waals surface area contributed by atoms with Crippen LogP contribution in [0.25, 0.3) is 10.9 Å². The molecule has 0 amide bonds. The standard InChI is InChI=1S/C17H14BrN3/c1-11-9-15(14-10-12(18)7-8-16(14)20-11)17(19)21-13-5-3-2-4-6-13/h2-10H,1H3,(H2,19,21). The Hall–Kier alpha value is -2.20. The van der Waals surface area contributed by atoms with E-state index >= 15 is 0 Å². The second kappa shape index (κ2) is 5.66. The van der Waals surface area contributed by atoms with Crippen LogP contribution in [-0.4, -0.2) is 10.8 Å². The van der Waals surface area contributed by atoms with Crippen LogP contribution in [0.1, 0.15) is 11.3 Å². The van der Waals surface area contributed by atoms with Gasteiger partial charge in [-0.15, -0.1) is 0 Å². The van der Waals surface area contributed by atoms with Crippen LogP contribution in [0.4, 0.5) is 5.69 Å². The Morgan fingerprint density at radius 3 is 2.62 bits per heavy atom. The first kappa shape index (κ1) is 13.8. The zero-order valence-electron chi connectivity index (χ0n) is 11.5. The van der Waals surface area contributed by atoms with Gasteiger partial charge in [-0.2, -0.15) is 0 Å². The summed E-state index contributed by atoms with van der Waals surface area (Å²) in [6, 6.07) is 17.6. The lowest BCUT2D eigenvalue weighted by atomic mass is 10.1. The minimum absolute atomic E-state index is 0.495. The topological polar surface area (TPSA) is 51.3 Å². The van der Waals surface area contributed by atoms with E-state index in [1.54, 1.807) is 0 Å². The van der Waals surface area contributed by atoms with Crippen molar-refractivity contribution < 1.29 is 0 Å². The SMILES string of the molecule is Cc1cc(C(N)=Nc2ccccc2)c2cc(Br)ccc2n1. The molecule has 0 saturated carbocycles. The number of benzene rings is 2. The highest BCUT2D eigenvalue weighted by atomic mass is 79.9. The van der Waals surface area contributed by atoms with Crippen molar-refractivity contribution in [2.75, 3.05) is 0 Å². The van der Waals surface area contributed by atoms with Crippen molar-refractivity contribution in [2.45, 2.75) is 6.92 Å². The van der Waals surface area contributed by atoms with Crippen molar-refractivity contribution in [3.8, 4) is 0 Å². The lowest BCUT2D eigenvalue weighted by molar-refractivity contribution is 1.25. The van der Waals surface area contributed by atoms with Crippen LogP contribution < -0.4 is 5.73 Å². The van der Waals surface area contributed by atoms with Crippen molar-refractivity contribution in [3.05, 3.63) is 70.3 Å². The highest BCUT2D eigenvalue weighted by Gasteiger charge is 2.08. The van der Waals surface area contributed by atoms with Gasteiger partial charge in [0, 0.05) is 21.1 Å². The van der Waals surface area contributed by atoms with Gasteiger partial charge in [0.15, 0.2) is 0 Å². The van der Waals surface area contributed by atoms with Crippen LogP contribution in [0, 0.1) is 6.92 Å². The Morgan fingerprint density at radius 2 is 1.86 bits per heavy atom. The monoisotopic (exact) mass is 339 g/mol. The molecular weight excluding hydrogens is 326 g/mol. The van der Waals surface area contributed by atoms with Crippen LogP contribution in [0.15, 0.2) is 64.1 Å². The second-order valence-electron chi connectivity index (χ2n) is 4.81. The summed E-state index contributed by atoms with van der Waals surface area (Å²) < 4.78 is 0.995. The van der Waals surface area contributed by atoms with E-state index in [-0.39, 0.29) is 0 Å². The Bertz CT molecular complexity index is 826. The normalized spacial score (nSPS) is 11.8. The number of hydrogen-bond donors (Lipinski definition) is 1. The quantitative estimate of drug-likeness (QED) is 0.557. The number of fused-ring (bicyclic) bond motifs is 1. The fourth-order valence-electron chi connectivity index (χ4n) is 2.24. The summed E-state index contributed by atoms with van der Waals surface area (Å²) in [5, 5.41) is 0.993. The smallest absolute Gasteiger partial charge is 0.132 e. The fourth-order valence-corrected chi connectivity index (χ4v) is 2.61. The minimum Gasteiger partial charge on any atom is -0.383 e. The predicted octanol–water partition coefficient (Wildman–Crippen LogP) is 4.34. The maximum absolute atomic E-state index is 6.22. The van der Waals surface area contributed by atoms with Crippen LogP contribution in [0.3, 0.4) is 0 Å². The van der Waals surface area contributed by atoms with E-state index in [2.05, 4.69) is 25.9 Å². The molecule has 0 saturated heterocycles. The Kier molecular flexibility index (Phi) is 3.71. The number of amidine groups is 1. The molecule has 0 aliphatic carbocycles. The average molecular weight is 340 g/mol. The van der Waals surface area contributed by atoms with Crippen molar-refractivity contribution in [3.63, 3.8) is 0 Å². The van der Waals surface area contributed by atoms with E-state index in [1.165, 1.54) is 0 Å². The number of halogens is 1. The van der Waals surface area contributed by atoms with Gasteiger partial charge in [-0.25, -0.2) is 4.99 Å². The van der Waals surface area contributed by atoms with E-state index in [9.17, 15) is 0 Å². The van der Waals surface area contributed by atoms with E-state index in [0.29, 0.717) is 5.84 Å². The maximum atomic E-state index is 6.22. The summed E-state index contributed by atoms with van der Waals surface area (Å²) in [6.45, 7) is 1.96. The van der Waals surface area contributed by atoms with E-state index in [0.717, 1.165) is 32.3 Å². The Morgan fingerprint density at radius 1 is 1.10 bits per heavy atom. The average Bonchev–Trinajstić information content (AvgIpc) is 2.48. The number of pyridine rings is 1. The van der Waals surface area contributed by atoms with Crippen molar-refractivity contribution in [1.82, 2.24) is 4.98 Å². The minimum atomic E-state index is 0.495. The lowest BCUT2D eigenvalue weighted by Crippen LogP contribution is -2.14. The van der Waals surface area contributed by atoms with Gasteiger partial charge in [0.1, 0.15) is 5.84 Å². The number of aromatic nitrogens is 1. The van der Waals surface area contributed by atoms with Gasteiger partial charge < -0.3 is 5.73 Å². The molecule has 21 heavy (non-hydrogen) atoms. The first-order valence-corrected chi connectivity index (χ1v) is 7.39. The van der Waals surface area contributed by atoms with E-state index in [1.807, 2.05) is 61.5 Å². The van der Waals surface area contributed by atoms with Crippen LogP contribution in [-0.2, 0) is 0 Å². The summed E-state index contributed by atoms with van der Waals surface area (Å²) in [6.07, 6.45) is 0. The van der Waals surface area contributed by atoms with Crippen LogP contribution in [0.5, 0.6) is 0 Å². The summed E-state index contributed by atoms with van der Waals surface area (Å²) in [7, 11) is 0. The van der Waals surface area contributed by atoms with Gasteiger partial charge in [0.05, 0.1) is 11.2 Å². The van der Waals surface area contributed by atoms with E-state index < -0.39 is 0 Å². The number of aryl methyl sites for hydroxylation is 1. The fraction of sp³-hybridized carbons (Fsp3) is 0.0588. The molecule has 104 valence electrons. The van der Waals surface area contributed by atoms with Gasteiger partial charge >= 0.3 is 0 Å². The second-order valence-corrected chi connectivity index (χ2v) is 5.72. The number of hydrogen-bond acceptors (Lipinski definition) is 2. The molecule has 0 bridgehead atoms. The molecule has 2 N–H and O–H groups in total. The lowest BCUT2D eigenvalue weighted by Gasteiger charge is -2.08. The van der Waals surface area contributed by atoms with Gasteiger partial charge in [0.2, 0.25) is 0 Å². The molecule has 0 aliphatic rings. The van der Waals surface area contributed by atoms with Crippen molar-refractivity contribution in [1.29, 1.82) is 0 Å². The molecule has 0 fully saturated rings. The largest absolute Gasteiger partial charge is 0.383 e. The molecule has 0 atom stereocenters. The first-order chi connectivity index (χ1) is 10.1. The molecule has 2 aromatic carbocycles. The van der Waals surface area contributed by atoms with Crippen molar-refractivity contribution >= 4 is 38.4 Å². The highest BCUT2D eigenvalue weighted by Crippen LogP contribution is 2.23. The molecule has 0 unspecified atom stereocenters. The Balaban J connectivity index is 2.19. The molecule has 4 heteroatoms. The third-order valence-electron chi connectivity index (χ3n) is 3.18. The summed E-state index contributed by atoms with van der Waals surface area (Å²) in [4.78, 5) is 9.04. The van der Waals surface area contributed by atoms with E-state index in [4.69, 9.17) is 5.73 Å². The molecule has 3 rings (SSSR count). The van der Waals surface area contributed by atoms with Gasteiger partial charge in [-0.1, -0.05) is 34.1 Å². The van der Waals surface area contributed by atoms with Crippen LogP contribution >= 0.6 is 15.9 Å². The molecule has 1 aromatic heterocycles. The number of nitrogens with two attached hydrogens (primary N) is 1. The summed E-state index contributed by atoms with van der Waals surface area (Å²) >= 11 is 3.49. The van der Waals surface area contributed by atoms with Gasteiger partial charge in [-0.3, -0.25) is 4.98 Å². The zero-order chi connectivity index (χ0) is 14.8. The number of nitrogens with zero attached hydrogens (tertiary/aromatic N) is 2. The third-order valence-corrected chi connectivity index (χ3v) is 3.67. The first-order valence-electron chi connectivity index (χ1n) is 6.60. The number of para-hydroxylation sites is 1. The molecular formula is C17H14BrN3. The molecule has 3 aromatic rings. The van der Waals surface area contributed by atoms with Crippen molar-refractivity contribution in [2.24, 2.45) is 10.7 Å². The molecule has 1 heterocycles. The maximum Gasteiger partial charge on any atom is 0.132 e. The Labute approximate surface area is 131 Å². The van der Waals surface area contributed by atoms with Gasteiger partial charge in [0.25, 0.3) is 0 Å². The molecule has 0 spiro atoms. The summed E-state index contributed by atoms with van der Waals surface area (Å²) in [5.41, 5.74) is 9.80. The number of aliphatic imine (C=N–C) groups is 1. The molecule has 3 nitrogen and oxygen atoms in total. The van der Waals surface area contributed by atoms with Gasteiger partial charge in [-0.05, 0) is 43.3 Å². The predicted molar refractivity (Wildman–Crippen MR) is 91.0 cm³/mol.